The molecule has 2 saturated heterocycles. The number of likely N-dealkylation sites (tertiary alicyclic amines) is 2. The lowest BCUT2D eigenvalue weighted by Gasteiger charge is -2.41. The van der Waals surface area contributed by atoms with Crippen molar-refractivity contribution in [3.05, 3.63) is 29.8 Å². The van der Waals surface area contributed by atoms with E-state index in [-0.39, 0.29) is 12.1 Å². The third kappa shape index (κ3) is 3.61. The molecule has 1 aromatic rings. The summed E-state index contributed by atoms with van der Waals surface area (Å²) in [6, 6.07) is 8.34. The molecule has 5 nitrogen and oxygen atoms in total. The Bertz CT molecular complexity index is 623. The maximum absolute atomic E-state index is 12.6. The van der Waals surface area contributed by atoms with E-state index in [9.17, 15) is 4.79 Å². The maximum Gasteiger partial charge on any atom is 0.317 e. The van der Waals surface area contributed by atoms with E-state index in [1.54, 1.807) is 7.11 Å². The van der Waals surface area contributed by atoms with Gasteiger partial charge in [-0.2, -0.15) is 0 Å². The average Bonchev–Trinajstić information content (AvgIpc) is 3.16. The molecular weight excluding hydrogens is 314 g/mol. The highest BCUT2D eigenvalue weighted by Crippen LogP contribution is 2.46. The summed E-state index contributed by atoms with van der Waals surface area (Å²) in [5, 5.41) is 3.22. The van der Waals surface area contributed by atoms with E-state index >= 15 is 0 Å². The minimum Gasteiger partial charge on any atom is -0.497 e. The van der Waals surface area contributed by atoms with Crippen LogP contribution in [-0.4, -0.2) is 55.7 Å². The lowest BCUT2D eigenvalue weighted by atomic mass is 9.95. The van der Waals surface area contributed by atoms with Gasteiger partial charge in [0.1, 0.15) is 5.75 Å². The summed E-state index contributed by atoms with van der Waals surface area (Å²) in [4.78, 5) is 17.2. The molecule has 1 aromatic carbocycles. The smallest absolute Gasteiger partial charge is 0.317 e. The van der Waals surface area contributed by atoms with E-state index in [0.717, 1.165) is 31.8 Å². The van der Waals surface area contributed by atoms with Crippen LogP contribution in [0.4, 0.5) is 4.79 Å². The normalized spacial score (nSPS) is 24.7. The number of hydrogen-bond donors (Lipinski definition) is 1. The summed E-state index contributed by atoms with van der Waals surface area (Å²) in [6.07, 6.45) is 6.20. The molecule has 1 N–H and O–H groups in total. The predicted molar refractivity (Wildman–Crippen MR) is 97.8 cm³/mol. The molecule has 1 aliphatic carbocycles. The van der Waals surface area contributed by atoms with Gasteiger partial charge in [0.05, 0.1) is 13.2 Å². The zero-order chi connectivity index (χ0) is 17.3. The fraction of sp³-hybridized carbons (Fsp3) is 0.650. The number of benzene rings is 1. The molecule has 2 heterocycles. The van der Waals surface area contributed by atoms with E-state index in [2.05, 4.69) is 16.3 Å². The minimum absolute atomic E-state index is 0.0896. The zero-order valence-corrected chi connectivity index (χ0v) is 15.2. The first-order valence-electron chi connectivity index (χ1n) is 9.60. The molecule has 0 aromatic heterocycles. The van der Waals surface area contributed by atoms with Crippen LogP contribution >= 0.6 is 0 Å². The Labute approximate surface area is 150 Å². The minimum atomic E-state index is 0.0896. The molecule has 2 aliphatic heterocycles. The van der Waals surface area contributed by atoms with Crippen LogP contribution in [0.2, 0.25) is 0 Å². The highest BCUT2D eigenvalue weighted by Gasteiger charge is 2.45. The summed E-state index contributed by atoms with van der Waals surface area (Å²) in [6.45, 7) is 5.29. The molecule has 0 radical (unpaired) electrons. The number of carbonyl (C=O) groups is 1. The second kappa shape index (κ2) is 6.87. The highest BCUT2D eigenvalue weighted by atomic mass is 16.5. The van der Waals surface area contributed by atoms with Crippen LogP contribution in [0, 0.1) is 5.41 Å². The van der Waals surface area contributed by atoms with Crippen LogP contribution in [0.5, 0.6) is 5.75 Å². The van der Waals surface area contributed by atoms with Crippen molar-refractivity contribution in [3.8, 4) is 5.75 Å². The molecule has 1 unspecified atom stereocenters. The second-order valence-electron chi connectivity index (χ2n) is 7.92. The fourth-order valence-corrected chi connectivity index (χ4v) is 4.17. The Hall–Kier alpha value is -1.75. The van der Waals surface area contributed by atoms with Gasteiger partial charge in [-0.15, -0.1) is 0 Å². The number of carbonyl (C=O) groups excluding carboxylic acids is 1. The molecule has 1 atom stereocenters. The predicted octanol–water partition coefficient (Wildman–Crippen LogP) is 3.03. The van der Waals surface area contributed by atoms with Gasteiger partial charge in [-0.25, -0.2) is 4.79 Å². The van der Waals surface area contributed by atoms with Crippen molar-refractivity contribution < 1.29 is 9.53 Å². The molecule has 136 valence electrons. The van der Waals surface area contributed by atoms with Crippen LogP contribution < -0.4 is 10.1 Å². The van der Waals surface area contributed by atoms with Crippen LogP contribution in [-0.2, 0) is 0 Å². The summed E-state index contributed by atoms with van der Waals surface area (Å²) >= 11 is 0. The number of ether oxygens (including phenoxy) is 1. The van der Waals surface area contributed by atoms with Crippen LogP contribution in [0.15, 0.2) is 24.3 Å². The van der Waals surface area contributed by atoms with E-state index in [1.165, 1.54) is 44.3 Å². The van der Waals surface area contributed by atoms with Crippen molar-refractivity contribution in [3.63, 3.8) is 0 Å². The Morgan fingerprint density at radius 1 is 1.28 bits per heavy atom. The Morgan fingerprint density at radius 2 is 2.08 bits per heavy atom. The SMILES string of the molecule is COc1cccc(C2CCN2C(=O)NCC2(CN3CCCC3)CC2)c1. The van der Waals surface area contributed by atoms with E-state index in [1.807, 2.05) is 23.1 Å². The number of hydrogen-bond acceptors (Lipinski definition) is 3. The van der Waals surface area contributed by atoms with Crippen molar-refractivity contribution in [2.24, 2.45) is 5.41 Å². The largest absolute Gasteiger partial charge is 0.497 e. The Balaban J connectivity index is 1.30. The quantitative estimate of drug-likeness (QED) is 0.863. The molecule has 0 spiro atoms. The van der Waals surface area contributed by atoms with Gasteiger partial charge < -0.3 is 19.9 Å². The molecule has 2 amide bonds. The van der Waals surface area contributed by atoms with Crippen molar-refractivity contribution >= 4 is 6.03 Å². The fourth-order valence-electron chi connectivity index (χ4n) is 4.17. The third-order valence-electron chi connectivity index (χ3n) is 6.09. The van der Waals surface area contributed by atoms with Crippen molar-refractivity contribution in [1.29, 1.82) is 0 Å². The number of nitrogens with zero attached hydrogens (tertiary/aromatic N) is 2. The number of amides is 2. The molecule has 0 bridgehead atoms. The van der Waals surface area contributed by atoms with Gasteiger partial charge in [0.2, 0.25) is 0 Å². The zero-order valence-electron chi connectivity index (χ0n) is 15.2. The maximum atomic E-state index is 12.6. The number of rotatable bonds is 6. The van der Waals surface area contributed by atoms with Gasteiger partial charge in [-0.05, 0) is 62.9 Å². The van der Waals surface area contributed by atoms with Gasteiger partial charge in [0, 0.05) is 25.0 Å². The van der Waals surface area contributed by atoms with E-state index in [4.69, 9.17) is 4.74 Å². The molecule has 25 heavy (non-hydrogen) atoms. The van der Waals surface area contributed by atoms with Gasteiger partial charge in [-0.3, -0.25) is 0 Å². The monoisotopic (exact) mass is 343 g/mol. The van der Waals surface area contributed by atoms with Gasteiger partial charge in [-0.1, -0.05) is 12.1 Å². The summed E-state index contributed by atoms with van der Waals surface area (Å²) < 4.78 is 5.31. The molecule has 3 fully saturated rings. The second-order valence-corrected chi connectivity index (χ2v) is 7.92. The van der Waals surface area contributed by atoms with Crippen molar-refractivity contribution in [2.75, 3.05) is 39.8 Å². The summed E-state index contributed by atoms with van der Waals surface area (Å²) in [5.74, 6) is 0.854. The van der Waals surface area contributed by atoms with Crippen LogP contribution in [0.3, 0.4) is 0 Å². The lowest BCUT2D eigenvalue weighted by Crippen LogP contribution is -2.51. The van der Waals surface area contributed by atoms with Crippen LogP contribution in [0.1, 0.15) is 43.7 Å². The topological polar surface area (TPSA) is 44.8 Å². The molecule has 3 aliphatic rings. The van der Waals surface area contributed by atoms with Crippen molar-refractivity contribution in [1.82, 2.24) is 15.1 Å². The van der Waals surface area contributed by atoms with Crippen molar-refractivity contribution in [2.45, 2.75) is 38.1 Å². The Kier molecular flexibility index (Phi) is 4.59. The molecule has 5 heteroatoms. The molecule has 1 saturated carbocycles. The van der Waals surface area contributed by atoms with E-state index < -0.39 is 0 Å². The third-order valence-corrected chi connectivity index (χ3v) is 6.09. The summed E-state index contributed by atoms with van der Waals surface area (Å²) in [5.41, 5.74) is 1.51. The van der Waals surface area contributed by atoms with Gasteiger partial charge in [0.25, 0.3) is 0 Å². The first kappa shape index (κ1) is 16.7. The lowest BCUT2D eigenvalue weighted by molar-refractivity contribution is 0.113. The van der Waals surface area contributed by atoms with Gasteiger partial charge >= 0.3 is 6.03 Å². The average molecular weight is 343 g/mol. The molecular formula is C20H29N3O2. The first-order chi connectivity index (χ1) is 12.2. The number of nitrogens with one attached hydrogen (secondary N) is 1. The highest BCUT2D eigenvalue weighted by molar-refractivity contribution is 5.75. The van der Waals surface area contributed by atoms with E-state index in [0.29, 0.717) is 5.41 Å². The number of urea groups is 1. The van der Waals surface area contributed by atoms with Crippen LogP contribution in [0.25, 0.3) is 0 Å². The molecule has 4 rings (SSSR count). The summed E-state index contributed by atoms with van der Waals surface area (Å²) in [7, 11) is 1.68. The number of methoxy groups -OCH3 is 1. The standard InChI is InChI=1S/C20H29N3O2/c1-25-17-6-4-5-16(13-17)18-7-12-23(18)19(24)21-14-20(8-9-20)15-22-10-2-3-11-22/h4-6,13,18H,2-3,7-12,14-15H2,1H3,(H,21,24). The van der Waals surface area contributed by atoms with Gasteiger partial charge in [0.15, 0.2) is 0 Å². The first-order valence-corrected chi connectivity index (χ1v) is 9.60. The Morgan fingerprint density at radius 3 is 2.72 bits per heavy atom.